The standard InChI is InChI=1S/C17H15N3OS/c1-12(13-7-3-2-4-8-13)20-16(21)15(19-17(20)22)11-14-9-5-6-10-18-14/h2-12H,1H3,(H,19,22)/b15-11-. The zero-order valence-corrected chi connectivity index (χ0v) is 12.9. The normalized spacial score (nSPS) is 17.7. The summed E-state index contributed by atoms with van der Waals surface area (Å²) in [5, 5.41) is 3.40. The molecule has 0 saturated carbocycles. The Morgan fingerprint density at radius 1 is 1.18 bits per heavy atom. The summed E-state index contributed by atoms with van der Waals surface area (Å²) in [6.45, 7) is 1.96. The molecule has 1 fully saturated rings. The highest BCUT2D eigenvalue weighted by Gasteiger charge is 2.34. The molecule has 22 heavy (non-hydrogen) atoms. The van der Waals surface area contributed by atoms with E-state index in [1.165, 1.54) is 0 Å². The first-order valence-corrected chi connectivity index (χ1v) is 7.40. The molecule has 2 aromatic rings. The lowest BCUT2D eigenvalue weighted by Gasteiger charge is -2.23. The average Bonchev–Trinajstić information content (AvgIpc) is 2.82. The number of hydrogen-bond acceptors (Lipinski definition) is 3. The van der Waals surface area contributed by atoms with Crippen molar-refractivity contribution in [2.45, 2.75) is 13.0 Å². The number of amides is 1. The van der Waals surface area contributed by atoms with Crippen LogP contribution in [0, 0.1) is 0 Å². The van der Waals surface area contributed by atoms with Crippen molar-refractivity contribution in [2.75, 3.05) is 0 Å². The smallest absolute Gasteiger partial charge is 0.277 e. The maximum atomic E-state index is 12.6. The number of nitrogens with one attached hydrogen (secondary N) is 1. The second kappa shape index (κ2) is 6.07. The molecule has 0 spiro atoms. The molecule has 3 rings (SSSR count). The van der Waals surface area contributed by atoms with Crippen LogP contribution in [-0.2, 0) is 4.79 Å². The van der Waals surface area contributed by atoms with Crippen LogP contribution in [0.15, 0.2) is 60.4 Å². The zero-order chi connectivity index (χ0) is 15.5. The van der Waals surface area contributed by atoms with Crippen LogP contribution < -0.4 is 5.32 Å². The maximum Gasteiger partial charge on any atom is 0.277 e. The summed E-state index contributed by atoms with van der Waals surface area (Å²) in [5.74, 6) is -0.132. The summed E-state index contributed by atoms with van der Waals surface area (Å²) in [5.41, 5.74) is 2.21. The van der Waals surface area contributed by atoms with Crippen LogP contribution in [0.4, 0.5) is 0 Å². The third-order valence-electron chi connectivity index (χ3n) is 3.56. The fraction of sp³-hybridized carbons (Fsp3) is 0.118. The van der Waals surface area contributed by atoms with Gasteiger partial charge >= 0.3 is 0 Å². The van der Waals surface area contributed by atoms with E-state index in [4.69, 9.17) is 12.2 Å². The minimum Gasteiger partial charge on any atom is -0.328 e. The van der Waals surface area contributed by atoms with E-state index in [1.807, 2.05) is 55.5 Å². The van der Waals surface area contributed by atoms with Crippen LogP contribution in [0.3, 0.4) is 0 Å². The predicted molar refractivity (Wildman–Crippen MR) is 89.7 cm³/mol. The molecule has 1 saturated heterocycles. The summed E-state index contributed by atoms with van der Waals surface area (Å²) in [6.07, 6.45) is 3.40. The van der Waals surface area contributed by atoms with Gasteiger partial charge in [-0.25, -0.2) is 0 Å². The molecule has 1 aliphatic rings. The molecule has 1 atom stereocenters. The SMILES string of the molecule is CC(c1ccccc1)N1C(=O)/C(=C/c2ccccn2)NC1=S. The molecule has 1 amide bonds. The van der Waals surface area contributed by atoms with Gasteiger partial charge in [-0.05, 0) is 42.9 Å². The number of carbonyl (C=O) groups excluding carboxylic acids is 1. The fourth-order valence-corrected chi connectivity index (χ4v) is 2.74. The molecule has 4 nitrogen and oxygen atoms in total. The summed E-state index contributed by atoms with van der Waals surface area (Å²) in [4.78, 5) is 18.4. The lowest BCUT2D eigenvalue weighted by atomic mass is 10.1. The van der Waals surface area contributed by atoms with Crippen LogP contribution in [0.2, 0.25) is 0 Å². The second-order valence-electron chi connectivity index (χ2n) is 5.00. The molecule has 1 N–H and O–H groups in total. The first-order valence-electron chi connectivity index (χ1n) is 6.99. The van der Waals surface area contributed by atoms with E-state index in [2.05, 4.69) is 10.3 Å². The quantitative estimate of drug-likeness (QED) is 0.699. The van der Waals surface area contributed by atoms with E-state index in [9.17, 15) is 4.79 Å². The molecule has 1 unspecified atom stereocenters. The van der Waals surface area contributed by atoms with Gasteiger partial charge in [0.25, 0.3) is 5.91 Å². The maximum absolute atomic E-state index is 12.6. The largest absolute Gasteiger partial charge is 0.328 e. The number of nitrogens with zero attached hydrogens (tertiary/aromatic N) is 2. The molecule has 0 aliphatic carbocycles. The number of hydrogen-bond donors (Lipinski definition) is 1. The van der Waals surface area contributed by atoms with E-state index in [1.54, 1.807) is 17.2 Å². The van der Waals surface area contributed by atoms with Gasteiger partial charge in [0, 0.05) is 6.20 Å². The lowest BCUT2D eigenvalue weighted by molar-refractivity contribution is -0.123. The number of rotatable bonds is 3. The molecule has 0 bridgehead atoms. The average molecular weight is 309 g/mol. The van der Waals surface area contributed by atoms with Crippen LogP contribution in [0.25, 0.3) is 6.08 Å². The van der Waals surface area contributed by atoms with Crippen LogP contribution in [-0.4, -0.2) is 20.9 Å². The highest BCUT2D eigenvalue weighted by molar-refractivity contribution is 7.80. The first kappa shape index (κ1) is 14.4. The zero-order valence-electron chi connectivity index (χ0n) is 12.1. The number of pyridine rings is 1. The van der Waals surface area contributed by atoms with Crippen LogP contribution >= 0.6 is 12.2 Å². The molecular formula is C17H15N3OS. The van der Waals surface area contributed by atoms with Crippen molar-refractivity contribution in [1.29, 1.82) is 0 Å². The number of thiocarbonyl (C=S) groups is 1. The van der Waals surface area contributed by atoms with Gasteiger partial charge in [-0.1, -0.05) is 36.4 Å². The van der Waals surface area contributed by atoms with Crippen LogP contribution in [0.1, 0.15) is 24.2 Å². The van der Waals surface area contributed by atoms with Gasteiger partial charge in [0.15, 0.2) is 5.11 Å². The van der Waals surface area contributed by atoms with E-state index >= 15 is 0 Å². The Kier molecular flexibility index (Phi) is 3.98. The molecule has 5 heteroatoms. The Bertz CT molecular complexity index is 728. The van der Waals surface area contributed by atoms with E-state index in [0.29, 0.717) is 10.8 Å². The van der Waals surface area contributed by atoms with Crippen molar-refractivity contribution in [3.63, 3.8) is 0 Å². The number of aromatic nitrogens is 1. The van der Waals surface area contributed by atoms with Crippen molar-refractivity contribution in [2.24, 2.45) is 0 Å². The minimum absolute atomic E-state index is 0.122. The third-order valence-corrected chi connectivity index (χ3v) is 3.86. The van der Waals surface area contributed by atoms with Gasteiger partial charge in [-0.2, -0.15) is 0 Å². The van der Waals surface area contributed by atoms with Crippen molar-refractivity contribution in [3.05, 3.63) is 71.7 Å². The minimum atomic E-state index is -0.132. The molecule has 1 aromatic carbocycles. The summed E-state index contributed by atoms with van der Waals surface area (Å²) >= 11 is 5.32. The Morgan fingerprint density at radius 2 is 1.91 bits per heavy atom. The third kappa shape index (κ3) is 2.76. The predicted octanol–water partition coefficient (Wildman–Crippen LogP) is 2.90. The number of carbonyl (C=O) groups is 1. The second-order valence-corrected chi connectivity index (χ2v) is 5.39. The molecule has 1 aromatic heterocycles. The molecule has 0 radical (unpaired) electrons. The van der Waals surface area contributed by atoms with Crippen molar-refractivity contribution in [3.8, 4) is 0 Å². The van der Waals surface area contributed by atoms with Gasteiger partial charge in [0.05, 0.1) is 11.7 Å². The van der Waals surface area contributed by atoms with E-state index in [0.717, 1.165) is 11.3 Å². The fourth-order valence-electron chi connectivity index (χ4n) is 2.39. The Hall–Kier alpha value is -2.53. The van der Waals surface area contributed by atoms with Crippen molar-refractivity contribution >= 4 is 29.3 Å². The monoisotopic (exact) mass is 309 g/mol. The van der Waals surface area contributed by atoms with Gasteiger partial charge in [0.2, 0.25) is 0 Å². The van der Waals surface area contributed by atoms with Gasteiger partial charge < -0.3 is 5.32 Å². The van der Waals surface area contributed by atoms with E-state index in [-0.39, 0.29) is 11.9 Å². The van der Waals surface area contributed by atoms with Crippen molar-refractivity contribution in [1.82, 2.24) is 15.2 Å². The number of benzene rings is 1. The Morgan fingerprint density at radius 3 is 2.59 bits per heavy atom. The topological polar surface area (TPSA) is 45.2 Å². The van der Waals surface area contributed by atoms with Crippen molar-refractivity contribution < 1.29 is 4.79 Å². The summed E-state index contributed by atoms with van der Waals surface area (Å²) in [6, 6.07) is 15.3. The van der Waals surface area contributed by atoms with Gasteiger partial charge in [-0.15, -0.1) is 0 Å². The van der Waals surface area contributed by atoms with Crippen LogP contribution in [0.5, 0.6) is 0 Å². The highest BCUT2D eigenvalue weighted by atomic mass is 32.1. The molecule has 1 aliphatic heterocycles. The van der Waals surface area contributed by atoms with Gasteiger partial charge in [0.1, 0.15) is 5.70 Å². The Labute approximate surface area is 134 Å². The van der Waals surface area contributed by atoms with E-state index < -0.39 is 0 Å². The highest BCUT2D eigenvalue weighted by Crippen LogP contribution is 2.25. The Balaban J connectivity index is 1.88. The summed E-state index contributed by atoms with van der Waals surface area (Å²) < 4.78 is 0. The molecular weight excluding hydrogens is 294 g/mol. The van der Waals surface area contributed by atoms with Gasteiger partial charge in [-0.3, -0.25) is 14.7 Å². The summed E-state index contributed by atoms with van der Waals surface area (Å²) in [7, 11) is 0. The molecule has 110 valence electrons. The molecule has 2 heterocycles. The lowest BCUT2D eigenvalue weighted by Crippen LogP contribution is -2.33. The first-order chi connectivity index (χ1) is 10.7.